The summed E-state index contributed by atoms with van der Waals surface area (Å²) in [6.45, 7) is 4.34. The highest BCUT2D eigenvalue weighted by molar-refractivity contribution is 7.80. The van der Waals surface area contributed by atoms with Crippen LogP contribution in [0.3, 0.4) is 0 Å². The molecule has 0 bridgehead atoms. The second-order valence-electron chi connectivity index (χ2n) is 8.70. The van der Waals surface area contributed by atoms with Gasteiger partial charge in [0.05, 0.1) is 24.4 Å². The van der Waals surface area contributed by atoms with Gasteiger partial charge in [-0.15, -0.1) is 0 Å². The van der Waals surface area contributed by atoms with Crippen LogP contribution in [0.4, 0.5) is 5.69 Å². The van der Waals surface area contributed by atoms with Crippen molar-refractivity contribution in [1.82, 2.24) is 19.8 Å². The number of anilines is 1. The van der Waals surface area contributed by atoms with E-state index in [4.69, 9.17) is 17.0 Å². The van der Waals surface area contributed by atoms with E-state index >= 15 is 0 Å². The Morgan fingerprint density at radius 1 is 0.972 bits per heavy atom. The van der Waals surface area contributed by atoms with Crippen LogP contribution in [0.25, 0.3) is 5.69 Å². The number of pyridine rings is 1. The first-order chi connectivity index (χ1) is 17.7. The van der Waals surface area contributed by atoms with Crippen molar-refractivity contribution in [3.63, 3.8) is 0 Å². The van der Waals surface area contributed by atoms with Gasteiger partial charge in [-0.2, -0.15) is 0 Å². The Kier molecular flexibility index (Phi) is 7.47. The van der Waals surface area contributed by atoms with Crippen LogP contribution in [0.2, 0.25) is 0 Å². The molecule has 1 aliphatic rings. The second-order valence-corrected chi connectivity index (χ2v) is 9.08. The van der Waals surface area contributed by atoms with Crippen LogP contribution >= 0.6 is 12.2 Å². The molecule has 2 aromatic carbocycles. The number of aromatic nitrogens is 2. The molecule has 1 aliphatic heterocycles. The molecule has 184 valence electrons. The largest absolute Gasteiger partial charge is 0.494 e. The lowest BCUT2D eigenvalue weighted by Crippen LogP contribution is -2.32. The average Bonchev–Trinajstić information content (AvgIpc) is 3.53. The summed E-state index contributed by atoms with van der Waals surface area (Å²) in [5.74, 6) is 0.873. The summed E-state index contributed by atoms with van der Waals surface area (Å²) >= 11 is 5.86. The summed E-state index contributed by atoms with van der Waals surface area (Å²) in [6.07, 6.45) is 4.90. The van der Waals surface area contributed by atoms with Crippen molar-refractivity contribution in [1.29, 1.82) is 0 Å². The van der Waals surface area contributed by atoms with E-state index in [1.807, 2.05) is 55.6 Å². The second kappa shape index (κ2) is 11.3. The van der Waals surface area contributed by atoms with Gasteiger partial charge in [0, 0.05) is 42.6 Å². The van der Waals surface area contributed by atoms with E-state index in [0.29, 0.717) is 6.61 Å². The molecule has 0 unspecified atom stereocenters. The van der Waals surface area contributed by atoms with Gasteiger partial charge in [0.2, 0.25) is 0 Å². The molecule has 1 fully saturated rings. The molecular formula is C29H31N5OS. The number of hydrogen-bond acceptors (Lipinski definition) is 4. The zero-order chi connectivity index (χ0) is 24.7. The Bertz CT molecular complexity index is 1260. The fourth-order valence-electron chi connectivity index (χ4n) is 4.75. The maximum Gasteiger partial charge on any atom is 0.170 e. The zero-order valence-electron chi connectivity index (χ0n) is 20.4. The SMILES string of the molecule is CCOc1ccc(-n2cccc2[C@@H]2[C@H](c3ccccn3)NC(=S)N2CCCNc2ccccc2)cc1. The number of thiocarbonyl (C=S) groups is 1. The van der Waals surface area contributed by atoms with Crippen molar-refractivity contribution in [3.05, 3.63) is 109 Å². The van der Waals surface area contributed by atoms with E-state index in [9.17, 15) is 0 Å². The molecule has 36 heavy (non-hydrogen) atoms. The van der Waals surface area contributed by atoms with Gasteiger partial charge in [-0.3, -0.25) is 4.98 Å². The summed E-state index contributed by atoms with van der Waals surface area (Å²) in [7, 11) is 0. The first kappa shape index (κ1) is 23.9. The topological polar surface area (TPSA) is 54.4 Å². The Labute approximate surface area is 217 Å². The molecular weight excluding hydrogens is 466 g/mol. The van der Waals surface area contributed by atoms with Crippen molar-refractivity contribution < 1.29 is 4.74 Å². The monoisotopic (exact) mass is 497 g/mol. The van der Waals surface area contributed by atoms with Gasteiger partial charge in [0.25, 0.3) is 0 Å². The quantitative estimate of drug-likeness (QED) is 0.215. The lowest BCUT2D eigenvalue weighted by atomic mass is 10.0. The van der Waals surface area contributed by atoms with Crippen LogP contribution in [0, 0.1) is 0 Å². The van der Waals surface area contributed by atoms with Crippen molar-refractivity contribution in [3.8, 4) is 11.4 Å². The first-order valence-corrected chi connectivity index (χ1v) is 12.8. The maximum atomic E-state index is 5.86. The Morgan fingerprint density at radius 2 is 1.78 bits per heavy atom. The number of para-hydroxylation sites is 1. The highest BCUT2D eigenvalue weighted by Crippen LogP contribution is 2.39. The smallest absolute Gasteiger partial charge is 0.170 e. The van der Waals surface area contributed by atoms with E-state index in [0.717, 1.165) is 53.1 Å². The van der Waals surface area contributed by atoms with Crippen LogP contribution < -0.4 is 15.4 Å². The molecule has 0 amide bonds. The summed E-state index contributed by atoms with van der Waals surface area (Å²) < 4.78 is 7.88. The minimum atomic E-state index is -0.0443. The predicted molar refractivity (Wildman–Crippen MR) is 149 cm³/mol. The number of nitrogens with one attached hydrogen (secondary N) is 2. The van der Waals surface area contributed by atoms with E-state index in [1.165, 1.54) is 0 Å². The van der Waals surface area contributed by atoms with Crippen molar-refractivity contribution in [2.45, 2.75) is 25.4 Å². The van der Waals surface area contributed by atoms with Gasteiger partial charge in [-0.05, 0) is 86.2 Å². The lowest BCUT2D eigenvalue weighted by molar-refractivity contribution is 0.307. The third-order valence-electron chi connectivity index (χ3n) is 6.39. The Balaban J connectivity index is 1.41. The highest BCUT2D eigenvalue weighted by Gasteiger charge is 2.40. The van der Waals surface area contributed by atoms with Gasteiger partial charge >= 0.3 is 0 Å². The summed E-state index contributed by atoms with van der Waals surface area (Å²) in [6, 6.07) is 28.8. The van der Waals surface area contributed by atoms with E-state index in [-0.39, 0.29) is 12.1 Å². The van der Waals surface area contributed by atoms with Crippen molar-refractivity contribution in [2.75, 3.05) is 25.0 Å². The number of benzene rings is 2. The zero-order valence-corrected chi connectivity index (χ0v) is 21.2. The molecule has 3 heterocycles. The van der Waals surface area contributed by atoms with Crippen LogP contribution in [0.15, 0.2) is 97.3 Å². The van der Waals surface area contributed by atoms with E-state index in [1.54, 1.807) is 0 Å². The van der Waals surface area contributed by atoms with E-state index in [2.05, 4.69) is 73.7 Å². The van der Waals surface area contributed by atoms with Crippen LogP contribution in [0.1, 0.15) is 36.8 Å². The molecule has 5 rings (SSSR count). The third-order valence-corrected chi connectivity index (χ3v) is 6.74. The molecule has 4 aromatic rings. The lowest BCUT2D eigenvalue weighted by Gasteiger charge is -2.29. The third kappa shape index (κ3) is 5.21. The van der Waals surface area contributed by atoms with Crippen LogP contribution in [-0.4, -0.2) is 39.3 Å². The first-order valence-electron chi connectivity index (χ1n) is 12.4. The molecule has 6 nitrogen and oxygen atoms in total. The number of ether oxygens (including phenoxy) is 1. The fourth-order valence-corrected chi connectivity index (χ4v) is 5.08. The molecule has 0 saturated carbocycles. The molecule has 0 aliphatic carbocycles. The molecule has 2 N–H and O–H groups in total. The van der Waals surface area contributed by atoms with E-state index < -0.39 is 0 Å². The van der Waals surface area contributed by atoms with Gasteiger partial charge in [-0.25, -0.2) is 0 Å². The summed E-state index contributed by atoms with van der Waals surface area (Å²) in [5.41, 5.74) is 4.36. The molecule has 1 saturated heterocycles. The standard InChI is InChI=1S/C29H31N5OS/c1-2-35-24-16-14-23(15-17-24)33-20-8-13-26(33)28-27(25-12-6-7-18-31-25)32-29(36)34(28)21-9-19-30-22-10-4-3-5-11-22/h3-8,10-18,20,27-28,30H,2,9,19,21H2,1H3,(H,32,36)/t27-,28+/m0/s1. The highest BCUT2D eigenvalue weighted by atomic mass is 32.1. The van der Waals surface area contributed by atoms with Crippen LogP contribution in [-0.2, 0) is 0 Å². The number of rotatable bonds is 10. The average molecular weight is 498 g/mol. The van der Waals surface area contributed by atoms with Gasteiger partial charge in [0.15, 0.2) is 5.11 Å². The predicted octanol–water partition coefficient (Wildman–Crippen LogP) is 5.75. The molecule has 0 radical (unpaired) electrons. The Morgan fingerprint density at radius 3 is 2.53 bits per heavy atom. The molecule has 2 aromatic heterocycles. The fraction of sp³-hybridized carbons (Fsp3) is 0.241. The van der Waals surface area contributed by atoms with Crippen molar-refractivity contribution >= 4 is 23.0 Å². The van der Waals surface area contributed by atoms with Crippen LogP contribution in [0.5, 0.6) is 5.75 Å². The molecule has 0 spiro atoms. The van der Waals surface area contributed by atoms with Crippen molar-refractivity contribution in [2.24, 2.45) is 0 Å². The minimum absolute atomic E-state index is 0.00527. The molecule has 7 heteroatoms. The van der Waals surface area contributed by atoms with Gasteiger partial charge in [-0.1, -0.05) is 24.3 Å². The summed E-state index contributed by atoms with van der Waals surface area (Å²) in [5, 5.41) is 7.83. The van der Waals surface area contributed by atoms with Gasteiger partial charge in [0.1, 0.15) is 5.75 Å². The van der Waals surface area contributed by atoms with Gasteiger partial charge < -0.3 is 24.8 Å². The number of nitrogens with zero attached hydrogens (tertiary/aromatic N) is 3. The molecule has 2 atom stereocenters. The minimum Gasteiger partial charge on any atom is -0.494 e. The Hall–Kier alpha value is -3.84. The normalized spacial score (nSPS) is 17.1. The maximum absolute atomic E-state index is 5.86. The summed E-state index contributed by atoms with van der Waals surface area (Å²) in [4.78, 5) is 6.98. The number of hydrogen-bond donors (Lipinski definition) is 2.